The smallest absolute Gasteiger partial charge is 0.258 e. The third-order valence-electron chi connectivity index (χ3n) is 3.66. The van der Waals surface area contributed by atoms with Crippen LogP contribution >= 0.6 is 15.9 Å². The molecule has 3 nitrogen and oxygen atoms in total. The van der Waals surface area contributed by atoms with Crippen molar-refractivity contribution in [3.63, 3.8) is 0 Å². The van der Waals surface area contributed by atoms with E-state index in [-0.39, 0.29) is 17.6 Å². The number of nitrogens with zero attached hydrogens (tertiary/aromatic N) is 1. The van der Waals surface area contributed by atoms with Crippen LogP contribution in [0.25, 0.3) is 0 Å². The number of ether oxygens (including phenoxy) is 1. The molecule has 1 aliphatic heterocycles. The largest absolute Gasteiger partial charge is 0.379 e. The van der Waals surface area contributed by atoms with Gasteiger partial charge in [-0.3, -0.25) is 4.79 Å². The molecule has 5 heteroatoms. The van der Waals surface area contributed by atoms with Crippen molar-refractivity contribution in [2.75, 3.05) is 20.2 Å². The zero-order valence-corrected chi connectivity index (χ0v) is 12.6. The Morgan fingerprint density at radius 1 is 1.53 bits per heavy atom. The molecule has 0 aliphatic carbocycles. The number of methoxy groups -OCH3 is 1. The van der Waals surface area contributed by atoms with Gasteiger partial charge in [-0.1, -0.05) is 13.0 Å². The van der Waals surface area contributed by atoms with Gasteiger partial charge in [0, 0.05) is 24.7 Å². The summed E-state index contributed by atoms with van der Waals surface area (Å²) in [4.78, 5) is 14.1. The highest BCUT2D eigenvalue weighted by Gasteiger charge is 2.31. The number of carbonyl (C=O) groups is 1. The SMILES string of the molecule is COC1CN(C(=O)c2c(F)cccc2Br)CCC1C. The summed E-state index contributed by atoms with van der Waals surface area (Å²) in [5.74, 6) is -0.357. The van der Waals surface area contributed by atoms with Gasteiger partial charge in [-0.2, -0.15) is 0 Å². The summed E-state index contributed by atoms with van der Waals surface area (Å²) < 4.78 is 19.7. The molecule has 2 unspecified atom stereocenters. The lowest BCUT2D eigenvalue weighted by atomic mass is 9.95. The third kappa shape index (κ3) is 2.98. The van der Waals surface area contributed by atoms with Crippen LogP contribution in [0.3, 0.4) is 0 Å². The summed E-state index contributed by atoms with van der Waals surface area (Å²) >= 11 is 3.24. The van der Waals surface area contributed by atoms with Crippen LogP contribution in [0.2, 0.25) is 0 Å². The van der Waals surface area contributed by atoms with Gasteiger partial charge in [0.25, 0.3) is 5.91 Å². The number of piperidine rings is 1. The Hall–Kier alpha value is -0.940. The van der Waals surface area contributed by atoms with Gasteiger partial charge in [-0.05, 0) is 40.4 Å². The van der Waals surface area contributed by atoms with E-state index in [0.29, 0.717) is 23.5 Å². The first-order chi connectivity index (χ1) is 9.04. The van der Waals surface area contributed by atoms with E-state index in [1.54, 1.807) is 24.1 Å². The second-order valence-corrected chi connectivity index (χ2v) is 5.74. The number of amides is 1. The van der Waals surface area contributed by atoms with E-state index in [4.69, 9.17) is 4.74 Å². The fourth-order valence-corrected chi connectivity index (χ4v) is 2.90. The molecule has 1 fully saturated rings. The van der Waals surface area contributed by atoms with Crippen molar-refractivity contribution in [2.45, 2.75) is 19.4 Å². The Kier molecular flexibility index (Phi) is 4.58. The predicted octanol–water partition coefficient (Wildman–Crippen LogP) is 3.09. The molecular weight excluding hydrogens is 313 g/mol. The van der Waals surface area contributed by atoms with Crippen LogP contribution in [0.1, 0.15) is 23.7 Å². The quantitative estimate of drug-likeness (QED) is 0.834. The fraction of sp³-hybridized carbons (Fsp3) is 0.500. The van der Waals surface area contributed by atoms with Crippen LogP contribution < -0.4 is 0 Å². The van der Waals surface area contributed by atoms with Gasteiger partial charge in [-0.25, -0.2) is 4.39 Å². The highest BCUT2D eigenvalue weighted by atomic mass is 79.9. The third-order valence-corrected chi connectivity index (χ3v) is 4.32. The average Bonchev–Trinajstić information content (AvgIpc) is 2.39. The Labute approximate surface area is 120 Å². The molecule has 1 saturated heterocycles. The molecule has 0 radical (unpaired) electrons. The predicted molar refractivity (Wildman–Crippen MR) is 74.6 cm³/mol. The monoisotopic (exact) mass is 329 g/mol. The summed E-state index contributed by atoms with van der Waals surface area (Å²) in [6, 6.07) is 4.56. The minimum atomic E-state index is -0.494. The molecule has 0 N–H and O–H groups in total. The van der Waals surface area contributed by atoms with Crippen molar-refractivity contribution >= 4 is 21.8 Å². The van der Waals surface area contributed by atoms with E-state index in [1.807, 2.05) is 0 Å². The molecule has 1 amide bonds. The van der Waals surface area contributed by atoms with Crippen molar-refractivity contribution < 1.29 is 13.9 Å². The van der Waals surface area contributed by atoms with Gasteiger partial charge in [-0.15, -0.1) is 0 Å². The molecule has 1 heterocycles. The molecular formula is C14H17BrFNO2. The van der Waals surface area contributed by atoms with Gasteiger partial charge in [0.15, 0.2) is 0 Å². The highest BCUT2D eigenvalue weighted by Crippen LogP contribution is 2.25. The molecule has 1 aromatic rings. The molecule has 1 aromatic carbocycles. The van der Waals surface area contributed by atoms with Gasteiger partial charge in [0.05, 0.1) is 11.7 Å². The highest BCUT2D eigenvalue weighted by molar-refractivity contribution is 9.10. The van der Waals surface area contributed by atoms with E-state index < -0.39 is 5.82 Å². The maximum absolute atomic E-state index is 13.8. The Morgan fingerprint density at radius 3 is 2.89 bits per heavy atom. The van der Waals surface area contributed by atoms with Gasteiger partial charge >= 0.3 is 0 Å². The first-order valence-corrected chi connectivity index (χ1v) is 7.10. The molecule has 0 spiro atoms. The maximum Gasteiger partial charge on any atom is 0.258 e. The van der Waals surface area contributed by atoms with Crippen molar-refractivity contribution in [3.05, 3.63) is 34.1 Å². The van der Waals surface area contributed by atoms with E-state index in [9.17, 15) is 9.18 Å². The number of halogens is 2. The van der Waals surface area contributed by atoms with Gasteiger partial charge in [0.1, 0.15) is 5.82 Å². The summed E-state index contributed by atoms with van der Waals surface area (Å²) in [5.41, 5.74) is 0.104. The van der Waals surface area contributed by atoms with E-state index in [2.05, 4.69) is 22.9 Å². The second kappa shape index (κ2) is 6.01. The first-order valence-electron chi connectivity index (χ1n) is 6.30. The van der Waals surface area contributed by atoms with Gasteiger partial charge < -0.3 is 9.64 Å². The molecule has 0 saturated carbocycles. The lowest BCUT2D eigenvalue weighted by Crippen LogP contribution is -2.46. The number of hydrogen-bond donors (Lipinski definition) is 0. The molecule has 0 bridgehead atoms. The van der Waals surface area contributed by atoms with Crippen LogP contribution in [0, 0.1) is 11.7 Å². The lowest BCUT2D eigenvalue weighted by molar-refractivity contribution is -0.00176. The zero-order chi connectivity index (χ0) is 14.0. The molecule has 104 valence electrons. The molecule has 2 atom stereocenters. The molecule has 2 rings (SSSR count). The van der Waals surface area contributed by atoms with E-state index >= 15 is 0 Å². The summed E-state index contributed by atoms with van der Waals surface area (Å²) in [7, 11) is 1.65. The minimum Gasteiger partial charge on any atom is -0.379 e. The number of rotatable bonds is 2. The van der Waals surface area contributed by atoms with Crippen LogP contribution in [-0.4, -0.2) is 37.1 Å². The lowest BCUT2D eigenvalue weighted by Gasteiger charge is -2.36. The number of likely N-dealkylation sites (tertiary alicyclic amines) is 1. The van der Waals surface area contributed by atoms with Crippen LogP contribution in [-0.2, 0) is 4.74 Å². The van der Waals surface area contributed by atoms with Crippen LogP contribution in [0.5, 0.6) is 0 Å². The number of carbonyl (C=O) groups excluding carboxylic acids is 1. The van der Waals surface area contributed by atoms with Crippen molar-refractivity contribution in [2.24, 2.45) is 5.92 Å². The normalized spacial score (nSPS) is 23.5. The molecule has 1 aliphatic rings. The Balaban J connectivity index is 2.20. The van der Waals surface area contributed by atoms with Crippen molar-refractivity contribution in [1.82, 2.24) is 4.90 Å². The molecule has 0 aromatic heterocycles. The Bertz CT molecular complexity index is 460. The first kappa shape index (κ1) is 14.5. The summed E-state index contributed by atoms with van der Waals surface area (Å²) in [5, 5.41) is 0. The Morgan fingerprint density at radius 2 is 2.26 bits per heavy atom. The van der Waals surface area contributed by atoms with Gasteiger partial charge in [0.2, 0.25) is 0 Å². The van der Waals surface area contributed by atoms with Crippen molar-refractivity contribution in [3.8, 4) is 0 Å². The zero-order valence-electron chi connectivity index (χ0n) is 11.0. The topological polar surface area (TPSA) is 29.5 Å². The summed E-state index contributed by atoms with van der Waals surface area (Å²) in [6.07, 6.45) is 0.888. The van der Waals surface area contributed by atoms with E-state index in [0.717, 1.165) is 6.42 Å². The van der Waals surface area contributed by atoms with Crippen LogP contribution in [0.15, 0.2) is 22.7 Å². The summed E-state index contributed by atoms with van der Waals surface area (Å²) in [6.45, 7) is 3.26. The number of hydrogen-bond acceptors (Lipinski definition) is 2. The van der Waals surface area contributed by atoms with Crippen molar-refractivity contribution in [1.29, 1.82) is 0 Å². The standard InChI is InChI=1S/C14H17BrFNO2/c1-9-6-7-17(8-12(9)19-2)14(18)13-10(15)4-3-5-11(13)16/h3-5,9,12H,6-8H2,1-2H3. The second-order valence-electron chi connectivity index (χ2n) is 4.89. The average molecular weight is 330 g/mol. The maximum atomic E-state index is 13.8. The fourth-order valence-electron chi connectivity index (χ4n) is 2.39. The minimum absolute atomic E-state index is 0.0169. The van der Waals surface area contributed by atoms with Crippen LogP contribution in [0.4, 0.5) is 4.39 Å². The van der Waals surface area contributed by atoms with E-state index in [1.165, 1.54) is 6.07 Å². The molecule has 19 heavy (non-hydrogen) atoms. The number of benzene rings is 1.